The minimum atomic E-state index is 0.748. The van der Waals surface area contributed by atoms with Gasteiger partial charge in [-0.15, -0.1) is 0 Å². The lowest BCUT2D eigenvalue weighted by atomic mass is 10.0. The molecule has 0 aliphatic heterocycles. The van der Waals surface area contributed by atoms with Crippen molar-refractivity contribution in [2.75, 3.05) is 13.6 Å². The van der Waals surface area contributed by atoms with Crippen molar-refractivity contribution in [2.45, 2.75) is 39.5 Å². The first-order valence-electron chi connectivity index (χ1n) is 6.53. The number of nitrogens with one attached hydrogen (secondary N) is 1. The molecule has 0 saturated heterocycles. The summed E-state index contributed by atoms with van der Waals surface area (Å²) in [6, 6.07) is 8.84. The molecule has 0 atom stereocenters. The molecular formula is C15H24N2. The Kier molecular flexibility index (Phi) is 5.75. The summed E-state index contributed by atoms with van der Waals surface area (Å²) in [6.45, 7) is 5.18. The Morgan fingerprint density at radius 1 is 1.12 bits per heavy atom. The summed E-state index contributed by atoms with van der Waals surface area (Å²) in [5, 5.41) is 7.85. The van der Waals surface area contributed by atoms with E-state index in [1.165, 1.54) is 11.1 Å². The van der Waals surface area contributed by atoms with Gasteiger partial charge in [0.25, 0.3) is 0 Å². The molecule has 1 N–H and O–H groups in total. The summed E-state index contributed by atoms with van der Waals surface area (Å²) in [5.74, 6) is 0.748. The van der Waals surface area contributed by atoms with Crippen LogP contribution in [0.5, 0.6) is 0 Å². The molecule has 0 spiro atoms. The molecule has 0 aliphatic carbocycles. The maximum Gasteiger partial charge on any atom is 0.0955 e. The Bertz CT molecular complexity index is 340. The van der Waals surface area contributed by atoms with E-state index in [2.05, 4.69) is 38.1 Å². The van der Waals surface area contributed by atoms with Gasteiger partial charge < -0.3 is 4.90 Å². The van der Waals surface area contributed by atoms with Gasteiger partial charge >= 0.3 is 0 Å². The van der Waals surface area contributed by atoms with Crippen molar-refractivity contribution in [2.24, 2.45) is 0 Å². The molecule has 17 heavy (non-hydrogen) atoms. The fourth-order valence-electron chi connectivity index (χ4n) is 1.78. The predicted octanol–water partition coefficient (Wildman–Crippen LogP) is 3.50. The first-order valence-corrected chi connectivity index (χ1v) is 6.53. The van der Waals surface area contributed by atoms with Crippen molar-refractivity contribution < 1.29 is 0 Å². The number of aryl methyl sites for hydroxylation is 2. The van der Waals surface area contributed by atoms with Gasteiger partial charge in [-0.25, -0.2) is 0 Å². The molecule has 1 aromatic rings. The van der Waals surface area contributed by atoms with E-state index < -0.39 is 0 Å². The average molecular weight is 232 g/mol. The van der Waals surface area contributed by atoms with Crippen LogP contribution in [0.15, 0.2) is 24.3 Å². The van der Waals surface area contributed by atoms with Crippen LogP contribution >= 0.6 is 0 Å². The van der Waals surface area contributed by atoms with Crippen LogP contribution in [0.4, 0.5) is 0 Å². The van der Waals surface area contributed by atoms with Crippen molar-refractivity contribution >= 4 is 5.84 Å². The predicted molar refractivity (Wildman–Crippen MR) is 74.8 cm³/mol. The van der Waals surface area contributed by atoms with Crippen LogP contribution < -0.4 is 0 Å². The van der Waals surface area contributed by atoms with Crippen LogP contribution in [0, 0.1) is 5.41 Å². The van der Waals surface area contributed by atoms with E-state index in [1.54, 1.807) is 0 Å². The Labute approximate surface area is 105 Å². The molecule has 0 aromatic heterocycles. The Morgan fingerprint density at radius 2 is 1.71 bits per heavy atom. The average Bonchev–Trinajstić information content (AvgIpc) is 2.38. The van der Waals surface area contributed by atoms with Gasteiger partial charge in [-0.1, -0.05) is 31.2 Å². The number of hydrogen-bond acceptors (Lipinski definition) is 1. The molecule has 0 saturated carbocycles. The fourth-order valence-corrected chi connectivity index (χ4v) is 1.78. The number of rotatable bonds is 6. The second-order valence-electron chi connectivity index (χ2n) is 4.48. The molecule has 0 bridgehead atoms. The van der Waals surface area contributed by atoms with Crippen molar-refractivity contribution in [1.82, 2.24) is 4.90 Å². The first kappa shape index (κ1) is 13.8. The Balaban J connectivity index is 2.33. The zero-order valence-corrected chi connectivity index (χ0v) is 11.3. The highest BCUT2D eigenvalue weighted by Gasteiger charge is 2.02. The molecule has 0 heterocycles. The van der Waals surface area contributed by atoms with Crippen molar-refractivity contribution in [3.05, 3.63) is 35.4 Å². The van der Waals surface area contributed by atoms with Crippen LogP contribution in [0.1, 0.15) is 37.8 Å². The third-order valence-electron chi connectivity index (χ3n) is 3.25. The summed E-state index contributed by atoms with van der Waals surface area (Å²) in [7, 11) is 1.98. The fraction of sp³-hybridized carbons (Fsp3) is 0.533. The zero-order valence-electron chi connectivity index (χ0n) is 11.3. The molecular weight excluding hydrogens is 208 g/mol. The third-order valence-corrected chi connectivity index (χ3v) is 3.25. The summed E-state index contributed by atoms with van der Waals surface area (Å²) < 4.78 is 0. The van der Waals surface area contributed by atoms with Crippen LogP contribution in [-0.2, 0) is 12.8 Å². The summed E-state index contributed by atoms with van der Waals surface area (Å²) in [5.41, 5.74) is 2.78. The maximum absolute atomic E-state index is 7.85. The lowest BCUT2D eigenvalue weighted by molar-refractivity contribution is 0.514. The first-order chi connectivity index (χ1) is 8.17. The van der Waals surface area contributed by atoms with Gasteiger partial charge in [0, 0.05) is 20.0 Å². The second-order valence-corrected chi connectivity index (χ2v) is 4.48. The number of hydrogen-bond donors (Lipinski definition) is 1. The van der Waals surface area contributed by atoms with Gasteiger partial charge in [-0.3, -0.25) is 5.41 Å². The second kappa shape index (κ2) is 7.10. The lowest BCUT2D eigenvalue weighted by Crippen LogP contribution is -2.25. The van der Waals surface area contributed by atoms with Gasteiger partial charge in [0.15, 0.2) is 0 Å². The maximum atomic E-state index is 7.85. The van der Waals surface area contributed by atoms with E-state index in [4.69, 9.17) is 5.41 Å². The summed E-state index contributed by atoms with van der Waals surface area (Å²) in [4.78, 5) is 2.00. The molecule has 0 radical (unpaired) electrons. The number of nitrogens with zero attached hydrogens (tertiary/aromatic N) is 1. The number of amidine groups is 1. The van der Waals surface area contributed by atoms with Crippen LogP contribution in [0.2, 0.25) is 0 Å². The molecule has 0 aliphatic rings. The molecule has 94 valence electrons. The number of benzene rings is 1. The van der Waals surface area contributed by atoms with Crippen LogP contribution in [-0.4, -0.2) is 24.3 Å². The zero-order chi connectivity index (χ0) is 12.7. The molecule has 0 amide bonds. The van der Waals surface area contributed by atoms with E-state index in [0.717, 1.165) is 38.1 Å². The molecule has 1 aromatic carbocycles. The van der Waals surface area contributed by atoms with E-state index in [0.29, 0.717) is 0 Å². The van der Waals surface area contributed by atoms with E-state index in [9.17, 15) is 0 Å². The monoisotopic (exact) mass is 232 g/mol. The minimum Gasteiger partial charge on any atom is -0.364 e. The quantitative estimate of drug-likeness (QED) is 0.590. The highest BCUT2D eigenvalue weighted by Crippen LogP contribution is 2.09. The SMILES string of the molecule is CCc1ccc(CCCC(=N)N(C)CC)cc1. The van der Waals surface area contributed by atoms with Crippen LogP contribution in [0.3, 0.4) is 0 Å². The van der Waals surface area contributed by atoms with Crippen LogP contribution in [0.25, 0.3) is 0 Å². The van der Waals surface area contributed by atoms with Gasteiger partial charge in [0.05, 0.1) is 5.84 Å². The van der Waals surface area contributed by atoms with E-state index in [-0.39, 0.29) is 0 Å². The van der Waals surface area contributed by atoms with Gasteiger partial charge in [-0.2, -0.15) is 0 Å². The minimum absolute atomic E-state index is 0.748. The molecule has 2 heteroatoms. The van der Waals surface area contributed by atoms with Gasteiger partial charge in [0.1, 0.15) is 0 Å². The smallest absolute Gasteiger partial charge is 0.0955 e. The van der Waals surface area contributed by atoms with Crippen molar-refractivity contribution in [3.8, 4) is 0 Å². The molecule has 0 fully saturated rings. The topological polar surface area (TPSA) is 27.1 Å². The lowest BCUT2D eigenvalue weighted by Gasteiger charge is -2.17. The molecule has 1 rings (SSSR count). The third kappa shape index (κ3) is 4.59. The molecule has 2 nitrogen and oxygen atoms in total. The molecule has 0 unspecified atom stereocenters. The standard InChI is InChI=1S/C15H24N2/c1-4-13-9-11-14(12-10-13)7-6-8-15(16)17(3)5-2/h9-12,16H,4-8H2,1-3H3. The normalized spacial score (nSPS) is 10.3. The van der Waals surface area contributed by atoms with E-state index in [1.807, 2.05) is 11.9 Å². The van der Waals surface area contributed by atoms with Gasteiger partial charge in [-0.05, 0) is 37.3 Å². The highest BCUT2D eigenvalue weighted by molar-refractivity contribution is 5.78. The summed E-state index contributed by atoms with van der Waals surface area (Å²) in [6.07, 6.45) is 4.12. The Hall–Kier alpha value is -1.31. The van der Waals surface area contributed by atoms with Crippen molar-refractivity contribution in [3.63, 3.8) is 0 Å². The summed E-state index contributed by atoms with van der Waals surface area (Å²) >= 11 is 0. The van der Waals surface area contributed by atoms with Crippen molar-refractivity contribution in [1.29, 1.82) is 5.41 Å². The largest absolute Gasteiger partial charge is 0.364 e. The Morgan fingerprint density at radius 3 is 2.24 bits per heavy atom. The van der Waals surface area contributed by atoms with Gasteiger partial charge in [0.2, 0.25) is 0 Å². The van der Waals surface area contributed by atoms with E-state index >= 15 is 0 Å². The highest BCUT2D eigenvalue weighted by atomic mass is 15.1.